The third-order valence-corrected chi connectivity index (χ3v) is 5.37. The maximum absolute atomic E-state index is 12.2. The van der Waals surface area contributed by atoms with Gasteiger partial charge in [0.05, 0.1) is 17.7 Å². The van der Waals surface area contributed by atoms with E-state index < -0.39 is 0 Å². The van der Waals surface area contributed by atoms with Crippen LogP contribution in [-0.2, 0) is 0 Å². The zero-order valence-corrected chi connectivity index (χ0v) is 14.2. The second kappa shape index (κ2) is 6.26. The number of rotatable bonds is 8. The number of nitrogens with one attached hydrogen (secondary N) is 1. The van der Waals surface area contributed by atoms with Crippen molar-refractivity contribution in [1.29, 1.82) is 0 Å². The first-order chi connectivity index (χ1) is 9.94. The van der Waals surface area contributed by atoms with E-state index in [0.717, 1.165) is 11.5 Å². The Morgan fingerprint density at radius 1 is 1.48 bits per heavy atom. The van der Waals surface area contributed by atoms with Gasteiger partial charge in [0.2, 0.25) is 0 Å². The third kappa shape index (κ3) is 3.34. The van der Waals surface area contributed by atoms with Crippen molar-refractivity contribution in [3.05, 3.63) is 4.88 Å². The first kappa shape index (κ1) is 16.1. The number of hydrogen-bond donors (Lipinski definition) is 2. The molecule has 1 heterocycles. The Kier molecular flexibility index (Phi) is 4.81. The number of methoxy groups -OCH3 is 1. The van der Waals surface area contributed by atoms with Crippen molar-refractivity contribution in [3.8, 4) is 5.75 Å². The van der Waals surface area contributed by atoms with Crippen LogP contribution in [0.4, 0.5) is 10.7 Å². The quantitative estimate of drug-likeness (QED) is 0.707. The van der Waals surface area contributed by atoms with Crippen molar-refractivity contribution >= 4 is 27.8 Å². The molecular weight excluding hydrogens is 284 g/mol. The summed E-state index contributed by atoms with van der Waals surface area (Å²) < 4.78 is 5.40. The minimum atomic E-state index is -0.0571. The lowest BCUT2D eigenvalue weighted by Gasteiger charge is -2.15. The summed E-state index contributed by atoms with van der Waals surface area (Å²) in [6.45, 7) is 6.94. The van der Waals surface area contributed by atoms with Crippen molar-refractivity contribution in [2.45, 2.75) is 46.5 Å². The molecule has 2 rings (SSSR count). The summed E-state index contributed by atoms with van der Waals surface area (Å²) in [6, 6.07) is 0. The van der Waals surface area contributed by atoms with E-state index in [-0.39, 0.29) is 11.7 Å². The van der Waals surface area contributed by atoms with Gasteiger partial charge >= 0.3 is 0 Å². The summed E-state index contributed by atoms with van der Waals surface area (Å²) in [6.07, 6.45) is 5.03. The van der Waals surface area contributed by atoms with Gasteiger partial charge in [-0.05, 0) is 24.7 Å². The minimum Gasteiger partial charge on any atom is -0.492 e. The average Bonchev–Trinajstić information content (AvgIpc) is 3.13. The zero-order valence-electron chi connectivity index (χ0n) is 13.4. The van der Waals surface area contributed by atoms with Crippen molar-refractivity contribution in [1.82, 2.24) is 0 Å². The number of carbonyl (C=O) groups excluding carboxylic acids is 1. The van der Waals surface area contributed by atoms with Crippen LogP contribution in [0.3, 0.4) is 0 Å². The summed E-state index contributed by atoms with van der Waals surface area (Å²) in [5.41, 5.74) is 7.01. The van der Waals surface area contributed by atoms with E-state index in [1.165, 1.54) is 37.0 Å². The molecule has 118 valence electrons. The van der Waals surface area contributed by atoms with E-state index in [0.29, 0.717) is 21.7 Å². The number of carbonyl (C=O) groups is 1. The molecule has 5 heteroatoms. The summed E-state index contributed by atoms with van der Waals surface area (Å²) in [7, 11) is 1.60. The van der Waals surface area contributed by atoms with Crippen molar-refractivity contribution in [2.24, 2.45) is 11.3 Å². The molecule has 1 aromatic heterocycles. The van der Waals surface area contributed by atoms with Crippen LogP contribution in [0.5, 0.6) is 5.75 Å². The Labute approximate surface area is 131 Å². The molecule has 0 aromatic carbocycles. The lowest BCUT2D eigenvalue weighted by molar-refractivity contribution is 0.0944. The Hall–Kier alpha value is -1.23. The van der Waals surface area contributed by atoms with E-state index in [1.807, 2.05) is 13.8 Å². The van der Waals surface area contributed by atoms with Gasteiger partial charge in [-0.15, -0.1) is 11.3 Å². The topological polar surface area (TPSA) is 64.4 Å². The molecule has 1 fully saturated rings. The van der Waals surface area contributed by atoms with Gasteiger partial charge in [-0.3, -0.25) is 4.79 Å². The SMILES string of the molecule is CCCC1(CNc2sc(C(=O)C(C)C)c(N)c2OC)CC1. The average molecular weight is 310 g/mol. The molecule has 0 atom stereocenters. The molecule has 0 saturated heterocycles. The minimum absolute atomic E-state index is 0.0571. The summed E-state index contributed by atoms with van der Waals surface area (Å²) in [5, 5.41) is 4.36. The Morgan fingerprint density at radius 3 is 2.62 bits per heavy atom. The van der Waals surface area contributed by atoms with Crippen molar-refractivity contribution in [2.75, 3.05) is 24.7 Å². The lowest BCUT2D eigenvalue weighted by Crippen LogP contribution is -2.14. The second-order valence-corrected chi connectivity index (χ2v) is 7.35. The molecule has 0 spiro atoms. The van der Waals surface area contributed by atoms with Crippen LogP contribution in [0.25, 0.3) is 0 Å². The number of ketones is 1. The van der Waals surface area contributed by atoms with Gasteiger partial charge in [0.15, 0.2) is 11.5 Å². The predicted molar refractivity (Wildman–Crippen MR) is 89.5 cm³/mol. The highest BCUT2D eigenvalue weighted by Gasteiger charge is 2.41. The van der Waals surface area contributed by atoms with Crippen molar-refractivity contribution < 1.29 is 9.53 Å². The highest BCUT2D eigenvalue weighted by Crippen LogP contribution is 2.51. The highest BCUT2D eigenvalue weighted by atomic mass is 32.1. The van der Waals surface area contributed by atoms with E-state index >= 15 is 0 Å². The Bertz CT molecular complexity index is 519. The normalized spacial score (nSPS) is 16.0. The zero-order chi connectivity index (χ0) is 15.6. The molecule has 21 heavy (non-hydrogen) atoms. The third-order valence-electron chi connectivity index (χ3n) is 4.21. The van der Waals surface area contributed by atoms with Gasteiger partial charge in [-0.1, -0.05) is 27.2 Å². The van der Waals surface area contributed by atoms with Crippen LogP contribution in [0.2, 0.25) is 0 Å². The van der Waals surface area contributed by atoms with Gasteiger partial charge < -0.3 is 15.8 Å². The molecule has 1 aliphatic carbocycles. The number of Topliss-reactive ketones (excluding diaryl/α,β-unsaturated/α-hetero) is 1. The molecule has 0 aliphatic heterocycles. The van der Waals surface area contributed by atoms with Crippen LogP contribution in [0, 0.1) is 11.3 Å². The van der Waals surface area contributed by atoms with Crippen LogP contribution in [0.15, 0.2) is 0 Å². The van der Waals surface area contributed by atoms with Crippen LogP contribution < -0.4 is 15.8 Å². The number of hydrogen-bond acceptors (Lipinski definition) is 5. The molecule has 0 unspecified atom stereocenters. The van der Waals surface area contributed by atoms with E-state index in [9.17, 15) is 4.79 Å². The summed E-state index contributed by atoms with van der Waals surface area (Å²) in [4.78, 5) is 12.8. The van der Waals surface area contributed by atoms with Gasteiger partial charge in [0.1, 0.15) is 5.00 Å². The molecule has 0 bridgehead atoms. The fourth-order valence-corrected chi connectivity index (χ4v) is 3.86. The maximum atomic E-state index is 12.2. The van der Waals surface area contributed by atoms with Gasteiger partial charge in [-0.2, -0.15) is 0 Å². The number of thiophene rings is 1. The summed E-state index contributed by atoms with van der Waals surface area (Å²) in [5.74, 6) is 0.646. The molecule has 0 amide bonds. The van der Waals surface area contributed by atoms with Crippen molar-refractivity contribution in [3.63, 3.8) is 0 Å². The number of nitrogen functional groups attached to an aromatic ring is 1. The van der Waals surface area contributed by atoms with Crippen LogP contribution >= 0.6 is 11.3 Å². The number of ether oxygens (including phenoxy) is 1. The number of anilines is 2. The molecule has 0 radical (unpaired) electrons. The predicted octanol–water partition coefficient (Wildman–Crippen LogP) is 4.17. The Balaban J connectivity index is 2.16. The van der Waals surface area contributed by atoms with Gasteiger partial charge in [0, 0.05) is 12.5 Å². The molecule has 1 aromatic rings. The van der Waals surface area contributed by atoms with E-state index in [2.05, 4.69) is 12.2 Å². The second-order valence-electron chi connectivity index (χ2n) is 6.33. The molecular formula is C16H26N2O2S. The standard InChI is InChI=1S/C16H26N2O2S/c1-5-6-16(7-8-16)9-18-15-13(20-4)11(17)14(21-15)12(19)10(2)3/h10,18H,5-9,17H2,1-4H3. The Morgan fingerprint density at radius 2 is 2.14 bits per heavy atom. The molecule has 1 aliphatic rings. The fraction of sp³-hybridized carbons (Fsp3) is 0.688. The maximum Gasteiger partial charge on any atom is 0.177 e. The van der Waals surface area contributed by atoms with E-state index in [4.69, 9.17) is 10.5 Å². The monoisotopic (exact) mass is 310 g/mol. The highest BCUT2D eigenvalue weighted by molar-refractivity contribution is 7.19. The van der Waals surface area contributed by atoms with Gasteiger partial charge in [0.25, 0.3) is 0 Å². The molecule has 1 saturated carbocycles. The van der Waals surface area contributed by atoms with E-state index in [1.54, 1.807) is 7.11 Å². The first-order valence-electron chi connectivity index (χ1n) is 7.68. The number of nitrogens with two attached hydrogens (primary N) is 1. The lowest BCUT2D eigenvalue weighted by atomic mass is 10.0. The summed E-state index contributed by atoms with van der Waals surface area (Å²) >= 11 is 1.42. The molecule has 3 N–H and O–H groups in total. The largest absolute Gasteiger partial charge is 0.492 e. The van der Waals surface area contributed by atoms with Crippen LogP contribution in [-0.4, -0.2) is 19.4 Å². The van der Waals surface area contributed by atoms with Crippen LogP contribution in [0.1, 0.15) is 56.1 Å². The van der Waals surface area contributed by atoms with Gasteiger partial charge in [-0.25, -0.2) is 0 Å². The fourth-order valence-electron chi connectivity index (χ4n) is 2.68. The smallest absolute Gasteiger partial charge is 0.177 e. The first-order valence-corrected chi connectivity index (χ1v) is 8.50. The molecule has 4 nitrogen and oxygen atoms in total.